The van der Waals surface area contributed by atoms with Crippen LogP contribution in [0.4, 0.5) is 21.5 Å². The minimum Gasteiger partial charge on any atom is -0.497 e. The fourth-order valence-electron chi connectivity index (χ4n) is 3.83. The van der Waals surface area contributed by atoms with E-state index in [0.717, 1.165) is 39.4 Å². The normalized spacial score (nSPS) is 11.1. The maximum atomic E-state index is 13.5. The van der Waals surface area contributed by atoms with Gasteiger partial charge < -0.3 is 15.4 Å². The molecule has 5 aromatic rings. The molecule has 5 rings (SSSR count). The van der Waals surface area contributed by atoms with Crippen LogP contribution in [0.1, 0.15) is 5.56 Å². The quantitative estimate of drug-likeness (QED) is 0.0867. The highest BCUT2D eigenvalue weighted by Crippen LogP contribution is 2.36. The first-order chi connectivity index (χ1) is 18.9. The van der Waals surface area contributed by atoms with Crippen molar-refractivity contribution in [1.29, 1.82) is 0 Å². The van der Waals surface area contributed by atoms with Crippen molar-refractivity contribution in [3.05, 3.63) is 95.5 Å². The Bertz CT molecular complexity index is 1740. The second kappa shape index (κ2) is 11.1. The van der Waals surface area contributed by atoms with Gasteiger partial charge in [0.2, 0.25) is 5.95 Å². The van der Waals surface area contributed by atoms with Crippen molar-refractivity contribution in [2.75, 3.05) is 17.7 Å². The van der Waals surface area contributed by atoms with Crippen LogP contribution in [0.25, 0.3) is 21.8 Å². The molecule has 39 heavy (non-hydrogen) atoms. The van der Waals surface area contributed by atoms with Crippen LogP contribution in [0.15, 0.2) is 84.1 Å². The van der Waals surface area contributed by atoms with Gasteiger partial charge in [-0.2, -0.15) is 9.49 Å². The van der Waals surface area contributed by atoms with Gasteiger partial charge in [0.05, 0.1) is 30.0 Å². The van der Waals surface area contributed by atoms with Crippen LogP contribution in [-0.2, 0) is 9.59 Å². The SMILES string of the molecule is COc1ccc2nc3cc(Cl)ccc3c(Nc3ccc(NC(=O)C(=O)N/N=C/c4cccnc4F)cc3)c2c1. The topological polar surface area (TPSA) is 118 Å². The number of aromatic nitrogens is 2. The molecular formula is C28H20ClFN6O3. The number of hydrogen-bond donors (Lipinski definition) is 3. The predicted octanol–water partition coefficient (Wildman–Crippen LogP) is 5.42. The summed E-state index contributed by atoms with van der Waals surface area (Å²) in [6.45, 7) is 0. The zero-order valence-electron chi connectivity index (χ0n) is 20.4. The number of carbonyl (C=O) groups is 2. The molecule has 0 bridgehead atoms. The summed E-state index contributed by atoms with van der Waals surface area (Å²) in [4.78, 5) is 32.5. The maximum Gasteiger partial charge on any atom is 0.329 e. The third-order valence-corrected chi connectivity index (χ3v) is 5.95. The lowest BCUT2D eigenvalue weighted by Crippen LogP contribution is -2.32. The minimum absolute atomic E-state index is 0.0672. The van der Waals surface area contributed by atoms with E-state index in [4.69, 9.17) is 21.3 Å². The Labute approximate surface area is 226 Å². The van der Waals surface area contributed by atoms with E-state index in [1.54, 1.807) is 43.5 Å². The van der Waals surface area contributed by atoms with Gasteiger partial charge in [0.25, 0.3) is 0 Å². The molecule has 194 valence electrons. The first kappa shape index (κ1) is 25.6. The third-order valence-electron chi connectivity index (χ3n) is 5.72. The standard InChI is InChI=1S/C28H20ClFN6O3/c1-39-20-9-11-23-22(14-20)25(21-10-4-17(29)13-24(21)35-23)33-18-5-7-19(8-6-18)34-27(37)28(38)36-32-15-16-3-2-12-31-26(16)30/h2-15H,1H3,(H,33,35)(H,34,37)(H,36,38)/b32-15+. The molecule has 3 aromatic carbocycles. The summed E-state index contributed by atoms with van der Waals surface area (Å²) in [5.41, 5.74) is 5.54. The van der Waals surface area contributed by atoms with E-state index in [-0.39, 0.29) is 5.56 Å². The Balaban J connectivity index is 1.32. The van der Waals surface area contributed by atoms with Crippen molar-refractivity contribution in [1.82, 2.24) is 15.4 Å². The second-order valence-corrected chi connectivity index (χ2v) is 8.71. The maximum absolute atomic E-state index is 13.5. The number of nitrogens with zero attached hydrogens (tertiary/aromatic N) is 3. The molecule has 2 amide bonds. The largest absolute Gasteiger partial charge is 0.497 e. The number of ether oxygens (including phenoxy) is 1. The smallest absolute Gasteiger partial charge is 0.329 e. The molecule has 2 heterocycles. The van der Waals surface area contributed by atoms with Gasteiger partial charge >= 0.3 is 11.8 Å². The van der Waals surface area contributed by atoms with Crippen LogP contribution >= 0.6 is 11.6 Å². The average Bonchev–Trinajstić information content (AvgIpc) is 2.94. The highest BCUT2D eigenvalue weighted by Gasteiger charge is 2.14. The van der Waals surface area contributed by atoms with Crippen LogP contribution in [0.5, 0.6) is 5.75 Å². The lowest BCUT2D eigenvalue weighted by molar-refractivity contribution is -0.136. The van der Waals surface area contributed by atoms with Crippen LogP contribution in [-0.4, -0.2) is 35.1 Å². The molecule has 0 saturated carbocycles. The number of carbonyl (C=O) groups excluding carboxylic acids is 2. The van der Waals surface area contributed by atoms with Gasteiger partial charge in [-0.15, -0.1) is 0 Å². The molecule has 0 aliphatic heterocycles. The molecule has 9 nitrogen and oxygen atoms in total. The highest BCUT2D eigenvalue weighted by molar-refractivity contribution is 6.39. The lowest BCUT2D eigenvalue weighted by Gasteiger charge is -2.15. The molecule has 0 spiro atoms. The lowest BCUT2D eigenvalue weighted by atomic mass is 10.1. The third kappa shape index (κ3) is 5.76. The number of rotatable bonds is 6. The number of methoxy groups -OCH3 is 1. The van der Waals surface area contributed by atoms with Gasteiger partial charge in [0.15, 0.2) is 0 Å². The molecule has 0 saturated heterocycles. The van der Waals surface area contributed by atoms with Crippen LogP contribution in [0.2, 0.25) is 5.02 Å². The van der Waals surface area contributed by atoms with E-state index in [9.17, 15) is 14.0 Å². The van der Waals surface area contributed by atoms with Crippen LogP contribution in [0.3, 0.4) is 0 Å². The number of anilines is 3. The number of hydrazone groups is 1. The summed E-state index contributed by atoms with van der Waals surface area (Å²) in [5, 5.41) is 11.8. The zero-order valence-corrected chi connectivity index (χ0v) is 21.2. The van der Waals surface area contributed by atoms with Crippen LogP contribution in [0, 0.1) is 5.95 Å². The van der Waals surface area contributed by atoms with E-state index < -0.39 is 17.8 Å². The van der Waals surface area contributed by atoms with Crippen molar-refractivity contribution >= 4 is 68.5 Å². The molecule has 11 heteroatoms. The number of halogens is 2. The number of fused-ring (bicyclic) bond motifs is 2. The van der Waals surface area contributed by atoms with Crippen LogP contribution < -0.4 is 20.8 Å². The van der Waals surface area contributed by atoms with Crippen molar-refractivity contribution in [3.63, 3.8) is 0 Å². The van der Waals surface area contributed by atoms with E-state index in [2.05, 4.69) is 26.1 Å². The molecule has 3 N–H and O–H groups in total. The predicted molar refractivity (Wildman–Crippen MR) is 149 cm³/mol. The highest BCUT2D eigenvalue weighted by atomic mass is 35.5. The Hall–Kier alpha value is -5.09. The Kier molecular flexibility index (Phi) is 7.28. The Morgan fingerprint density at radius 3 is 2.51 bits per heavy atom. The zero-order chi connectivity index (χ0) is 27.4. The van der Waals surface area contributed by atoms with Crippen molar-refractivity contribution in [2.24, 2.45) is 5.10 Å². The number of amides is 2. The molecule has 0 unspecified atom stereocenters. The first-order valence-corrected chi connectivity index (χ1v) is 12.0. The molecule has 0 radical (unpaired) electrons. The summed E-state index contributed by atoms with van der Waals surface area (Å²) >= 11 is 6.21. The Morgan fingerprint density at radius 2 is 1.74 bits per heavy atom. The van der Waals surface area contributed by atoms with Gasteiger partial charge in [0, 0.05) is 38.9 Å². The fraction of sp³-hybridized carbons (Fsp3) is 0.0357. The van der Waals surface area contributed by atoms with Gasteiger partial charge in [-0.05, 0) is 72.8 Å². The molecule has 0 aliphatic carbocycles. The molecular weight excluding hydrogens is 523 g/mol. The summed E-state index contributed by atoms with van der Waals surface area (Å²) in [7, 11) is 1.60. The second-order valence-electron chi connectivity index (χ2n) is 8.27. The molecule has 0 atom stereocenters. The van der Waals surface area contributed by atoms with Crippen molar-refractivity contribution < 1.29 is 18.7 Å². The molecule has 0 aliphatic rings. The Morgan fingerprint density at radius 1 is 0.949 bits per heavy atom. The first-order valence-electron chi connectivity index (χ1n) is 11.6. The molecule has 0 fully saturated rings. The number of benzene rings is 3. The summed E-state index contributed by atoms with van der Waals surface area (Å²) in [6, 6.07) is 20.8. The number of nitrogens with one attached hydrogen (secondary N) is 3. The minimum atomic E-state index is -1.01. The summed E-state index contributed by atoms with van der Waals surface area (Å²) in [5.74, 6) is -2.01. The monoisotopic (exact) mass is 542 g/mol. The van der Waals surface area contributed by atoms with Crippen molar-refractivity contribution in [2.45, 2.75) is 0 Å². The van der Waals surface area contributed by atoms with Gasteiger partial charge in [-0.25, -0.2) is 15.4 Å². The average molecular weight is 543 g/mol. The molecule has 2 aromatic heterocycles. The number of pyridine rings is 2. The summed E-state index contributed by atoms with van der Waals surface area (Å²) in [6.07, 6.45) is 2.35. The summed E-state index contributed by atoms with van der Waals surface area (Å²) < 4.78 is 18.9. The van der Waals surface area contributed by atoms with E-state index >= 15 is 0 Å². The van der Waals surface area contributed by atoms with E-state index in [0.29, 0.717) is 16.5 Å². The number of hydrogen-bond acceptors (Lipinski definition) is 7. The van der Waals surface area contributed by atoms with Gasteiger partial charge in [0.1, 0.15) is 5.75 Å². The van der Waals surface area contributed by atoms with Crippen molar-refractivity contribution in [3.8, 4) is 5.75 Å². The fourth-order valence-corrected chi connectivity index (χ4v) is 4.00. The van der Waals surface area contributed by atoms with E-state index in [1.807, 2.05) is 24.3 Å². The van der Waals surface area contributed by atoms with E-state index in [1.165, 1.54) is 18.3 Å². The van der Waals surface area contributed by atoms with Gasteiger partial charge in [-0.1, -0.05) is 11.6 Å². The van der Waals surface area contributed by atoms with Gasteiger partial charge in [-0.3, -0.25) is 9.59 Å².